The highest BCUT2D eigenvalue weighted by molar-refractivity contribution is 9.10. The second-order valence-corrected chi connectivity index (χ2v) is 5.16. The lowest BCUT2D eigenvalue weighted by Gasteiger charge is -2.08. The molecule has 92 valence electrons. The molecule has 0 unspecified atom stereocenters. The fourth-order valence-corrected chi connectivity index (χ4v) is 2.06. The van der Waals surface area contributed by atoms with Gasteiger partial charge in [-0.05, 0) is 59.6 Å². The van der Waals surface area contributed by atoms with Crippen molar-refractivity contribution >= 4 is 27.5 Å². The molecule has 0 spiro atoms. The summed E-state index contributed by atoms with van der Waals surface area (Å²) in [6.45, 7) is 3.97. The van der Waals surface area contributed by atoms with Gasteiger partial charge in [-0.3, -0.25) is 4.79 Å². The molecule has 0 saturated heterocycles. The van der Waals surface area contributed by atoms with Crippen LogP contribution in [-0.4, -0.2) is 5.91 Å². The molecule has 3 heteroatoms. The minimum absolute atomic E-state index is 0.0926. The van der Waals surface area contributed by atoms with Gasteiger partial charge in [0.2, 0.25) is 0 Å². The first-order valence-electron chi connectivity index (χ1n) is 5.70. The van der Waals surface area contributed by atoms with Crippen LogP contribution in [0.15, 0.2) is 46.9 Å². The van der Waals surface area contributed by atoms with Gasteiger partial charge in [0.1, 0.15) is 0 Å². The van der Waals surface area contributed by atoms with Crippen molar-refractivity contribution in [3.63, 3.8) is 0 Å². The summed E-state index contributed by atoms with van der Waals surface area (Å²) in [6.07, 6.45) is 0. The van der Waals surface area contributed by atoms with Gasteiger partial charge in [0.15, 0.2) is 0 Å². The van der Waals surface area contributed by atoms with E-state index in [-0.39, 0.29) is 5.91 Å². The van der Waals surface area contributed by atoms with Crippen LogP contribution >= 0.6 is 15.9 Å². The van der Waals surface area contributed by atoms with Crippen LogP contribution in [-0.2, 0) is 0 Å². The van der Waals surface area contributed by atoms with Crippen LogP contribution in [0.4, 0.5) is 5.69 Å². The average molecular weight is 304 g/mol. The van der Waals surface area contributed by atoms with E-state index in [1.807, 2.05) is 56.3 Å². The summed E-state index contributed by atoms with van der Waals surface area (Å²) >= 11 is 3.43. The standard InChI is InChI=1S/C15H14BrNO/c1-10-4-3-5-12(8-10)15(18)17-14-9-11(2)6-7-13(14)16/h3-9H,1-2H3,(H,17,18). The number of hydrogen-bond acceptors (Lipinski definition) is 1. The first-order chi connectivity index (χ1) is 8.56. The zero-order valence-electron chi connectivity index (χ0n) is 10.3. The Morgan fingerprint density at radius 1 is 1.06 bits per heavy atom. The Bertz CT molecular complexity index is 593. The molecule has 0 radical (unpaired) electrons. The molecule has 0 aromatic heterocycles. The van der Waals surface area contributed by atoms with Crippen LogP contribution in [0.1, 0.15) is 21.5 Å². The molecule has 0 fully saturated rings. The molecule has 2 rings (SSSR count). The predicted octanol–water partition coefficient (Wildman–Crippen LogP) is 4.32. The number of aryl methyl sites for hydroxylation is 2. The minimum atomic E-state index is -0.0926. The number of hydrogen-bond donors (Lipinski definition) is 1. The summed E-state index contributed by atoms with van der Waals surface area (Å²) in [5.74, 6) is -0.0926. The summed E-state index contributed by atoms with van der Waals surface area (Å²) in [7, 11) is 0. The Morgan fingerprint density at radius 2 is 1.78 bits per heavy atom. The maximum absolute atomic E-state index is 12.1. The Morgan fingerprint density at radius 3 is 2.50 bits per heavy atom. The number of halogens is 1. The molecule has 0 saturated carbocycles. The van der Waals surface area contributed by atoms with E-state index in [1.165, 1.54) is 0 Å². The van der Waals surface area contributed by atoms with Gasteiger partial charge in [-0.1, -0.05) is 23.8 Å². The van der Waals surface area contributed by atoms with Gasteiger partial charge in [-0.25, -0.2) is 0 Å². The quantitative estimate of drug-likeness (QED) is 0.879. The van der Waals surface area contributed by atoms with E-state index in [0.29, 0.717) is 5.56 Å². The summed E-state index contributed by atoms with van der Waals surface area (Å²) in [4.78, 5) is 12.1. The summed E-state index contributed by atoms with van der Waals surface area (Å²) in [6, 6.07) is 13.4. The molecule has 1 amide bonds. The van der Waals surface area contributed by atoms with Crippen LogP contribution in [0.3, 0.4) is 0 Å². The molecule has 2 nitrogen and oxygen atoms in total. The topological polar surface area (TPSA) is 29.1 Å². The van der Waals surface area contributed by atoms with Crippen molar-refractivity contribution < 1.29 is 4.79 Å². The van der Waals surface area contributed by atoms with Gasteiger partial charge < -0.3 is 5.32 Å². The first-order valence-corrected chi connectivity index (χ1v) is 6.50. The number of amides is 1. The number of nitrogens with one attached hydrogen (secondary N) is 1. The minimum Gasteiger partial charge on any atom is -0.321 e. The highest BCUT2D eigenvalue weighted by atomic mass is 79.9. The zero-order chi connectivity index (χ0) is 13.1. The fraction of sp³-hybridized carbons (Fsp3) is 0.133. The average Bonchev–Trinajstić information content (AvgIpc) is 2.34. The Labute approximate surface area is 115 Å². The molecule has 18 heavy (non-hydrogen) atoms. The van der Waals surface area contributed by atoms with E-state index in [2.05, 4.69) is 21.2 Å². The third-order valence-electron chi connectivity index (χ3n) is 2.65. The van der Waals surface area contributed by atoms with E-state index >= 15 is 0 Å². The molecule has 0 heterocycles. The third-order valence-corrected chi connectivity index (χ3v) is 3.34. The third kappa shape index (κ3) is 2.99. The number of rotatable bonds is 2. The summed E-state index contributed by atoms with van der Waals surface area (Å²) in [5.41, 5.74) is 3.65. The molecular weight excluding hydrogens is 290 g/mol. The van der Waals surface area contributed by atoms with Crippen molar-refractivity contribution in [2.75, 3.05) is 5.32 Å². The number of carbonyl (C=O) groups excluding carboxylic acids is 1. The van der Waals surface area contributed by atoms with Crippen molar-refractivity contribution in [1.82, 2.24) is 0 Å². The van der Waals surface area contributed by atoms with Crippen molar-refractivity contribution in [2.24, 2.45) is 0 Å². The van der Waals surface area contributed by atoms with Gasteiger partial charge in [-0.15, -0.1) is 0 Å². The van der Waals surface area contributed by atoms with E-state index in [9.17, 15) is 4.79 Å². The number of anilines is 1. The van der Waals surface area contributed by atoms with Crippen molar-refractivity contribution in [2.45, 2.75) is 13.8 Å². The summed E-state index contributed by atoms with van der Waals surface area (Å²) in [5, 5.41) is 2.91. The molecule has 0 atom stereocenters. The maximum atomic E-state index is 12.1. The van der Waals surface area contributed by atoms with E-state index < -0.39 is 0 Å². The summed E-state index contributed by atoms with van der Waals surface area (Å²) < 4.78 is 0.883. The highest BCUT2D eigenvalue weighted by Crippen LogP contribution is 2.24. The molecule has 0 bridgehead atoms. The SMILES string of the molecule is Cc1cccc(C(=O)Nc2cc(C)ccc2Br)c1. The van der Waals surface area contributed by atoms with Gasteiger partial charge in [-0.2, -0.15) is 0 Å². The van der Waals surface area contributed by atoms with Crippen LogP contribution in [0.5, 0.6) is 0 Å². The smallest absolute Gasteiger partial charge is 0.255 e. The van der Waals surface area contributed by atoms with Gasteiger partial charge in [0.25, 0.3) is 5.91 Å². The number of carbonyl (C=O) groups is 1. The second kappa shape index (κ2) is 5.36. The largest absolute Gasteiger partial charge is 0.321 e. The van der Waals surface area contributed by atoms with Gasteiger partial charge in [0, 0.05) is 10.0 Å². The Kier molecular flexibility index (Phi) is 3.82. The molecule has 0 aliphatic rings. The molecular formula is C15H14BrNO. The van der Waals surface area contributed by atoms with Crippen LogP contribution in [0.2, 0.25) is 0 Å². The molecule has 0 aliphatic carbocycles. The second-order valence-electron chi connectivity index (χ2n) is 4.31. The zero-order valence-corrected chi connectivity index (χ0v) is 11.9. The van der Waals surface area contributed by atoms with Gasteiger partial charge in [0.05, 0.1) is 5.69 Å². The number of benzene rings is 2. The lowest BCUT2D eigenvalue weighted by Crippen LogP contribution is -2.12. The predicted molar refractivity (Wildman–Crippen MR) is 78.0 cm³/mol. The van der Waals surface area contributed by atoms with E-state index in [1.54, 1.807) is 0 Å². The molecule has 1 N–H and O–H groups in total. The molecule has 2 aromatic rings. The van der Waals surface area contributed by atoms with Crippen molar-refractivity contribution in [3.8, 4) is 0 Å². The highest BCUT2D eigenvalue weighted by Gasteiger charge is 2.08. The van der Waals surface area contributed by atoms with Crippen molar-refractivity contribution in [1.29, 1.82) is 0 Å². The van der Waals surface area contributed by atoms with Crippen LogP contribution in [0, 0.1) is 13.8 Å². The lowest BCUT2D eigenvalue weighted by atomic mass is 10.1. The lowest BCUT2D eigenvalue weighted by molar-refractivity contribution is 0.102. The maximum Gasteiger partial charge on any atom is 0.255 e. The monoisotopic (exact) mass is 303 g/mol. The van der Waals surface area contributed by atoms with E-state index in [4.69, 9.17) is 0 Å². The molecule has 2 aromatic carbocycles. The first kappa shape index (κ1) is 12.8. The van der Waals surface area contributed by atoms with Crippen LogP contribution < -0.4 is 5.32 Å². The van der Waals surface area contributed by atoms with E-state index in [0.717, 1.165) is 21.3 Å². The fourth-order valence-electron chi connectivity index (χ4n) is 1.72. The Hall–Kier alpha value is -1.61. The Balaban J connectivity index is 2.24. The van der Waals surface area contributed by atoms with Crippen LogP contribution in [0.25, 0.3) is 0 Å². The van der Waals surface area contributed by atoms with Gasteiger partial charge >= 0.3 is 0 Å². The van der Waals surface area contributed by atoms with Crippen molar-refractivity contribution in [3.05, 3.63) is 63.6 Å². The normalized spacial score (nSPS) is 10.2. The molecule has 0 aliphatic heterocycles.